The Morgan fingerprint density at radius 3 is 2.44 bits per heavy atom. The average Bonchev–Trinajstić information content (AvgIpc) is 3.20. The van der Waals surface area contributed by atoms with Crippen molar-refractivity contribution in [2.75, 3.05) is 17.2 Å². The molecule has 2 amide bonds. The monoisotopic (exact) mass is 572 g/mol. The van der Waals surface area contributed by atoms with Crippen LogP contribution in [0, 0.1) is 17.0 Å². The first kappa shape index (κ1) is 27.9. The van der Waals surface area contributed by atoms with Gasteiger partial charge in [0.25, 0.3) is 18.2 Å². The summed E-state index contributed by atoms with van der Waals surface area (Å²) in [6.45, 7) is -0.910. The maximum Gasteiger partial charge on any atom is 0.416 e. The van der Waals surface area contributed by atoms with Gasteiger partial charge in [-0.1, -0.05) is 11.6 Å². The summed E-state index contributed by atoms with van der Waals surface area (Å²) in [4.78, 5) is 26.0. The Hall–Kier alpha value is -4.13. The SMILES string of the molecule is N=Cc1c(NCC(F)F)cc(NC(=O)c2cc(F)cc(C(F)(F)F)c2)c2c1C(=O)N[C@@H]2c1cc(F)ccc1Cl. The third-order valence-corrected chi connectivity index (χ3v) is 6.14. The van der Waals surface area contributed by atoms with Gasteiger partial charge >= 0.3 is 6.18 Å². The number of hydrogen-bond acceptors (Lipinski definition) is 4. The van der Waals surface area contributed by atoms with Crippen molar-refractivity contribution in [3.8, 4) is 0 Å². The molecule has 6 nitrogen and oxygen atoms in total. The molecule has 1 aliphatic rings. The van der Waals surface area contributed by atoms with Crippen molar-refractivity contribution in [2.24, 2.45) is 0 Å². The summed E-state index contributed by atoms with van der Waals surface area (Å²) < 4.78 is 93.4. The number of carbonyl (C=O) groups excluding carboxylic acids is 2. The Balaban J connectivity index is 1.90. The van der Waals surface area contributed by atoms with Crippen LogP contribution in [0.2, 0.25) is 5.02 Å². The molecule has 0 unspecified atom stereocenters. The van der Waals surface area contributed by atoms with E-state index in [4.69, 9.17) is 17.0 Å². The molecule has 4 rings (SSSR count). The van der Waals surface area contributed by atoms with Gasteiger partial charge in [-0.05, 0) is 42.5 Å². The number of hydrogen-bond donors (Lipinski definition) is 4. The van der Waals surface area contributed by atoms with Crippen LogP contribution in [-0.2, 0) is 6.18 Å². The number of benzene rings is 3. The van der Waals surface area contributed by atoms with Crippen LogP contribution in [0.1, 0.15) is 49.0 Å². The summed E-state index contributed by atoms with van der Waals surface area (Å²) >= 11 is 6.22. The highest BCUT2D eigenvalue weighted by atomic mass is 35.5. The number of amides is 2. The van der Waals surface area contributed by atoms with E-state index in [1.54, 1.807) is 0 Å². The van der Waals surface area contributed by atoms with Crippen LogP contribution < -0.4 is 16.0 Å². The number of fused-ring (bicyclic) bond motifs is 1. The number of nitrogens with one attached hydrogen (secondary N) is 4. The molecule has 0 saturated carbocycles. The van der Waals surface area contributed by atoms with Gasteiger partial charge in [0.1, 0.15) is 11.6 Å². The lowest BCUT2D eigenvalue weighted by molar-refractivity contribution is -0.137. The number of anilines is 2. The molecule has 3 aromatic carbocycles. The standard InChI is InChI=1S/C25H16ClF7N4O2/c26-16-2-1-12(27)6-14(16)22-21-18(36-23(38)10-3-11(25(31,32)33)5-13(28)4-10)7-17(35-9-19(29)30)15(8-34)20(21)24(39)37-22/h1-8,19,22,34-35H,9H2,(H,36,38)(H,37,39)/t22-/m1/s1. The Morgan fingerprint density at radius 1 is 1.08 bits per heavy atom. The number of rotatable bonds is 7. The predicted octanol–water partition coefficient (Wildman–Crippen LogP) is 6.40. The predicted molar refractivity (Wildman–Crippen MR) is 129 cm³/mol. The fraction of sp³-hybridized carbons (Fsp3) is 0.160. The number of alkyl halides is 5. The summed E-state index contributed by atoms with van der Waals surface area (Å²) in [5, 5.41) is 15.0. The Morgan fingerprint density at radius 2 is 1.79 bits per heavy atom. The topological polar surface area (TPSA) is 94.1 Å². The largest absolute Gasteiger partial charge is 0.416 e. The molecular weight excluding hydrogens is 557 g/mol. The van der Waals surface area contributed by atoms with E-state index >= 15 is 0 Å². The summed E-state index contributed by atoms with van der Waals surface area (Å²) in [5.41, 5.74) is -3.04. The van der Waals surface area contributed by atoms with Crippen molar-refractivity contribution in [3.05, 3.63) is 92.5 Å². The Bertz CT molecular complexity index is 1490. The summed E-state index contributed by atoms with van der Waals surface area (Å²) in [6.07, 6.45) is -7.11. The second kappa shape index (κ2) is 10.6. The molecule has 0 saturated heterocycles. The van der Waals surface area contributed by atoms with E-state index in [-0.39, 0.29) is 44.7 Å². The third kappa shape index (κ3) is 5.67. The van der Waals surface area contributed by atoms with Crippen LogP contribution in [0.4, 0.5) is 42.1 Å². The van der Waals surface area contributed by atoms with E-state index in [0.717, 1.165) is 18.2 Å². The van der Waals surface area contributed by atoms with Crippen LogP contribution in [0.5, 0.6) is 0 Å². The van der Waals surface area contributed by atoms with Crippen LogP contribution in [0.25, 0.3) is 0 Å². The molecule has 0 aliphatic carbocycles. The maximum atomic E-state index is 14.1. The van der Waals surface area contributed by atoms with Gasteiger partial charge in [0.2, 0.25) is 0 Å². The van der Waals surface area contributed by atoms with E-state index in [9.17, 15) is 40.3 Å². The fourth-order valence-electron chi connectivity index (χ4n) is 4.17. The highest BCUT2D eigenvalue weighted by Gasteiger charge is 2.38. The maximum absolute atomic E-state index is 14.1. The lowest BCUT2D eigenvalue weighted by Gasteiger charge is -2.21. The van der Waals surface area contributed by atoms with E-state index in [1.807, 2.05) is 0 Å². The van der Waals surface area contributed by atoms with E-state index in [0.29, 0.717) is 18.3 Å². The number of halogens is 8. The molecule has 14 heteroatoms. The van der Waals surface area contributed by atoms with Crippen molar-refractivity contribution < 1.29 is 40.3 Å². The fourth-order valence-corrected chi connectivity index (χ4v) is 4.40. The lowest BCUT2D eigenvalue weighted by atomic mass is 9.92. The molecule has 0 radical (unpaired) electrons. The first-order valence-corrected chi connectivity index (χ1v) is 11.4. The molecule has 4 N–H and O–H groups in total. The van der Waals surface area contributed by atoms with Crippen LogP contribution in [0.3, 0.4) is 0 Å². The summed E-state index contributed by atoms with van der Waals surface area (Å²) in [6, 6.07) is 4.29. The van der Waals surface area contributed by atoms with Crippen molar-refractivity contribution in [2.45, 2.75) is 18.6 Å². The van der Waals surface area contributed by atoms with Gasteiger partial charge in [-0.3, -0.25) is 9.59 Å². The van der Waals surface area contributed by atoms with Gasteiger partial charge in [-0.15, -0.1) is 0 Å². The van der Waals surface area contributed by atoms with Crippen molar-refractivity contribution >= 4 is 41.0 Å². The average molecular weight is 573 g/mol. The molecule has 3 aromatic rings. The second-order valence-electron chi connectivity index (χ2n) is 8.34. The van der Waals surface area contributed by atoms with Crippen LogP contribution in [-0.4, -0.2) is 31.0 Å². The summed E-state index contributed by atoms with van der Waals surface area (Å²) in [7, 11) is 0. The van der Waals surface area contributed by atoms with Gasteiger partial charge in [-0.2, -0.15) is 13.2 Å². The van der Waals surface area contributed by atoms with Gasteiger partial charge in [0, 0.05) is 44.9 Å². The van der Waals surface area contributed by atoms with E-state index in [2.05, 4.69) is 16.0 Å². The van der Waals surface area contributed by atoms with E-state index < -0.39 is 59.8 Å². The zero-order chi connectivity index (χ0) is 28.6. The molecule has 0 aromatic heterocycles. The highest BCUT2D eigenvalue weighted by Crippen LogP contribution is 2.43. The van der Waals surface area contributed by atoms with Crippen molar-refractivity contribution in [3.63, 3.8) is 0 Å². The first-order chi connectivity index (χ1) is 18.3. The van der Waals surface area contributed by atoms with E-state index in [1.165, 1.54) is 6.07 Å². The van der Waals surface area contributed by atoms with Crippen LogP contribution in [0.15, 0.2) is 42.5 Å². The minimum Gasteiger partial charge on any atom is -0.379 e. The second-order valence-corrected chi connectivity index (χ2v) is 8.75. The minimum absolute atomic E-state index is 0.00285. The Kier molecular flexibility index (Phi) is 7.55. The van der Waals surface area contributed by atoms with Gasteiger partial charge in [0.15, 0.2) is 0 Å². The zero-order valence-corrected chi connectivity index (χ0v) is 20.1. The third-order valence-electron chi connectivity index (χ3n) is 5.79. The molecule has 204 valence electrons. The summed E-state index contributed by atoms with van der Waals surface area (Å²) in [5.74, 6) is -4.13. The van der Waals surface area contributed by atoms with Gasteiger partial charge in [-0.25, -0.2) is 17.6 Å². The normalized spacial score (nSPS) is 14.7. The minimum atomic E-state index is -4.97. The molecular formula is C25H16ClF7N4O2. The zero-order valence-electron chi connectivity index (χ0n) is 19.3. The van der Waals surface area contributed by atoms with Crippen LogP contribution >= 0.6 is 11.6 Å². The highest BCUT2D eigenvalue weighted by molar-refractivity contribution is 6.31. The molecule has 1 heterocycles. The molecule has 1 aliphatic heterocycles. The van der Waals surface area contributed by atoms with Crippen molar-refractivity contribution in [1.29, 1.82) is 5.41 Å². The molecule has 0 fully saturated rings. The molecule has 0 spiro atoms. The first-order valence-electron chi connectivity index (χ1n) is 11.0. The molecule has 0 bridgehead atoms. The number of carbonyl (C=O) groups is 2. The molecule has 39 heavy (non-hydrogen) atoms. The molecule has 1 atom stereocenters. The van der Waals surface area contributed by atoms with Crippen molar-refractivity contribution in [1.82, 2.24) is 5.32 Å². The lowest BCUT2D eigenvalue weighted by Crippen LogP contribution is -2.21. The van der Waals surface area contributed by atoms with Gasteiger partial charge < -0.3 is 21.4 Å². The van der Waals surface area contributed by atoms with Gasteiger partial charge in [0.05, 0.1) is 23.7 Å². The quantitative estimate of drug-likeness (QED) is 0.195. The smallest absolute Gasteiger partial charge is 0.379 e. The Labute approximate surface area is 220 Å².